The number of hydrogen-bond donors (Lipinski definition) is 5. The first-order valence-electron chi connectivity index (χ1n) is 11.7. The molecule has 6 rings (SSSR count). The Balaban J connectivity index is 1.19. The average Bonchev–Trinajstić information content (AvgIpc) is 3.52. The molecule has 1 saturated carbocycles. The minimum absolute atomic E-state index is 0.0796. The number of pyridine rings is 1. The Morgan fingerprint density at radius 1 is 1.11 bits per heavy atom. The number of amides is 1. The molecule has 1 aliphatic carbocycles. The Morgan fingerprint density at radius 2 is 2.06 bits per heavy atom. The van der Waals surface area contributed by atoms with Crippen LogP contribution >= 0.6 is 0 Å². The smallest absolute Gasteiger partial charge is 0.272 e. The van der Waals surface area contributed by atoms with Crippen molar-refractivity contribution in [2.75, 3.05) is 17.2 Å². The molecule has 1 amide bonds. The van der Waals surface area contributed by atoms with Gasteiger partial charge in [0.2, 0.25) is 0 Å². The second-order valence-corrected chi connectivity index (χ2v) is 9.11. The molecule has 0 spiro atoms. The monoisotopic (exact) mass is 472 g/mol. The van der Waals surface area contributed by atoms with E-state index in [4.69, 9.17) is 4.98 Å². The first-order chi connectivity index (χ1) is 17.1. The molecule has 35 heavy (non-hydrogen) atoms. The van der Waals surface area contributed by atoms with Gasteiger partial charge in [-0.3, -0.25) is 20.6 Å². The zero-order chi connectivity index (χ0) is 23.8. The number of aromatic nitrogens is 4. The molecule has 9 nitrogen and oxygen atoms in total. The minimum Gasteiger partial charge on any atom is -0.367 e. The average molecular weight is 473 g/mol. The quantitative estimate of drug-likeness (QED) is 0.302. The number of hydrazine groups is 1. The highest BCUT2D eigenvalue weighted by atomic mass is 19.1. The summed E-state index contributed by atoms with van der Waals surface area (Å²) in [5.41, 5.74) is 8.64. The molecule has 2 fully saturated rings. The zero-order valence-corrected chi connectivity index (χ0v) is 18.9. The summed E-state index contributed by atoms with van der Waals surface area (Å²) in [6.45, 7) is 1.01. The van der Waals surface area contributed by atoms with E-state index in [1.807, 2.05) is 24.3 Å². The molecular weight excluding hydrogens is 447 g/mol. The molecular formula is C25H25FN8O. The Morgan fingerprint density at radius 3 is 2.97 bits per heavy atom. The molecule has 3 atom stereocenters. The van der Waals surface area contributed by atoms with Gasteiger partial charge in [0, 0.05) is 47.5 Å². The van der Waals surface area contributed by atoms with Crippen molar-refractivity contribution in [2.24, 2.45) is 5.92 Å². The van der Waals surface area contributed by atoms with Crippen LogP contribution in [0.3, 0.4) is 0 Å². The van der Waals surface area contributed by atoms with Crippen LogP contribution in [0.15, 0.2) is 55.0 Å². The van der Waals surface area contributed by atoms with Crippen LogP contribution in [0.1, 0.15) is 29.8 Å². The van der Waals surface area contributed by atoms with Crippen molar-refractivity contribution in [3.05, 3.63) is 66.5 Å². The lowest BCUT2D eigenvalue weighted by molar-refractivity contribution is 0.102. The summed E-state index contributed by atoms with van der Waals surface area (Å²) in [5.74, 6) is 1.03. The molecule has 178 valence electrons. The maximum absolute atomic E-state index is 13.8. The number of anilines is 2. The second-order valence-electron chi connectivity index (χ2n) is 9.11. The van der Waals surface area contributed by atoms with E-state index >= 15 is 0 Å². The van der Waals surface area contributed by atoms with Crippen LogP contribution < -0.4 is 21.5 Å². The number of fused-ring (bicyclic) bond motifs is 2. The number of rotatable bonds is 5. The zero-order valence-electron chi connectivity index (χ0n) is 18.9. The van der Waals surface area contributed by atoms with Gasteiger partial charge in [0.1, 0.15) is 11.5 Å². The molecule has 4 aromatic rings. The number of nitrogens with one attached hydrogen (secondary N) is 5. The molecule has 3 unspecified atom stereocenters. The van der Waals surface area contributed by atoms with Crippen molar-refractivity contribution in [3.8, 4) is 11.4 Å². The molecule has 1 aliphatic heterocycles. The van der Waals surface area contributed by atoms with Crippen molar-refractivity contribution in [2.45, 2.75) is 31.3 Å². The van der Waals surface area contributed by atoms with Gasteiger partial charge in [0.05, 0.1) is 11.9 Å². The molecule has 5 N–H and O–H groups in total. The third-order valence-electron chi connectivity index (χ3n) is 6.79. The third kappa shape index (κ3) is 4.45. The van der Waals surface area contributed by atoms with Gasteiger partial charge in [-0.1, -0.05) is 12.1 Å². The molecule has 0 radical (unpaired) electrons. The van der Waals surface area contributed by atoms with E-state index in [9.17, 15) is 9.18 Å². The van der Waals surface area contributed by atoms with E-state index in [1.165, 1.54) is 12.3 Å². The molecule has 2 aliphatic rings. The van der Waals surface area contributed by atoms with Crippen LogP contribution in [0, 0.1) is 11.7 Å². The Hall–Kier alpha value is -3.89. The topological polar surface area (TPSA) is 120 Å². The van der Waals surface area contributed by atoms with Gasteiger partial charge in [-0.05, 0) is 49.4 Å². The van der Waals surface area contributed by atoms with Crippen molar-refractivity contribution in [3.63, 3.8) is 0 Å². The van der Waals surface area contributed by atoms with Gasteiger partial charge >= 0.3 is 0 Å². The number of carbonyl (C=O) groups is 1. The highest BCUT2D eigenvalue weighted by Gasteiger charge is 2.33. The number of aromatic amines is 1. The Kier molecular flexibility index (Phi) is 5.59. The fourth-order valence-corrected chi connectivity index (χ4v) is 4.97. The van der Waals surface area contributed by atoms with E-state index in [0.717, 1.165) is 54.3 Å². The second kappa shape index (κ2) is 9.05. The van der Waals surface area contributed by atoms with E-state index in [-0.39, 0.29) is 5.69 Å². The Bertz CT molecular complexity index is 1390. The lowest BCUT2D eigenvalue weighted by atomic mass is 9.83. The van der Waals surface area contributed by atoms with Gasteiger partial charge in [-0.2, -0.15) is 0 Å². The molecule has 4 heterocycles. The number of benzene rings is 1. The fraction of sp³-hybridized carbons (Fsp3) is 0.280. The summed E-state index contributed by atoms with van der Waals surface area (Å²) in [5, 5.41) is 7.01. The molecule has 10 heteroatoms. The van der Waals surface area contributed by atoms with E-state index in [2.05, 4.69) is 36.4 Å². The maximum Gasteiger partial charge on any atom is 0.272 e. The lowest BCUT2D eigenvalue weighted by Gasteiger charge is -2.31. The van der Waals surface area contributed by atoms with Gasteiger partial charge in [0.15, 0.2) is 11.6 Å². The molecule has 3 aromatic heterocycles. The van der Waals surface area contributed by atoms with Crippen LogP contribution in [0.25, 0.3) is 22.3 Å². The highest BCUT2D eigenvalue weighted by Crippen LogP contribution is 2.29. The largest absolute Gasteiger partial charge is 0.367 e. The molecule has 0 bridgehead atoms. The first-order valence-corrected chi connectivity index (χ1v) is 11.7. The third-order valence-corrected chi connectivity index (χ3v) is 6.79. The lowest BCUT2D eigenvalue weighted by Crippen LogP contribution is -2.39. The normalized spacial score (nSPS) is 21.6. The Labute approximate surface area is 200 Å². The summed E-state index contributed by atoms with van der Waals surface area (Å²) >= 11 is 0. The summed E-state index contributed by atoms with van der Waals surface area (Å²) in [6, 6.07) is 11.8. The van der Waals surface area contributed by atoms with Crippen molar-refractivity contribution < 1.29 is 9.18 Å². The van der Waals surface area contributed by atoms with Crippen molar-refractivity contribution >= 4 is 28.3 Å². The number of H-pyrrole nitrogens is 1. The van der Waals surface area contributed by atoms with Gasteiger partial charge < -0.3 is 15.6 Å². The number of halogens is 1. The summed E-state index contributed by atoms with van der Waals surface area (Å²) in [4.78, 5) is 28.6. The standard InChI is InChI=1S/C25H25FN8O/c26-18-13-27-7-5-20(18)32-25(35)22-10-14-1-2-15(11-21(14)31-22)24-28-8-6-23(33-24)30-17-3-4-19-16(9-17)12-29-34-19/h1-2,5-8,10-11,13,16-17,19,29,31,34H,3-4,9,12H2,(H,27,32,35)(H,28,30,33). The molecule has 1 saturated heterocycles. The fourth-order valence-electron chi connectivity index (χ4n) is 4.97. The predicted molar refractivity (Wildman–Crippen MR) is 131 cm³/mol. The number of carbonyl (C=O) groups excluding carboxylic acids is 1. The van der Waals surface area contributed by atoms with Crippen molar-refractivity contribution in [1.29, 1.82) is 0 Å². The number of hydrogen-bond acceptors (Lipinski definition) is 7. The number of nitrogens with zero attached hydrogens (tertiary/aromatic N) is 3. The minimum atomic E-state index is -0.588. The van der Waals surface area contributed by atoms with Crippen LogP contribution in [-0.2, 0) is 0 Å². The van der Waals surface area contributed by atoms with Crippen LogP contribution in [0.2, 0.25) is 0 Å². The van der Waals surface area contributed by atoms with Gasteiger partial charge in [-0.25, -0.2) is 14.4 Å². The summed E-state index contributed by atoms with van der Waals surface area (Å²) in [6.07, 6.45) is 7.58. The summed E-state index contributed by atoms with van der Waals surface area (Å²) in [7, 11) is 0. The van der Waals surface area contributed by atoms with Crippen LogP contribution in [0.5, 0.6) is 0 Å². The van der Waals surface area contributed by atoms with Crippen LogP contribution in [-0.4, -0.2) is 44.5 Å². The maximum atomic E-state index is 13.8. The van der Waals surface area contributed by atoms with Gasteiger partial charge in [-0.15, -0.1) is 0 Å². The van der Waals surface area contributed by atoms with Crippen molar-refractivity contribution in [1.82, 2.24) is 30.8 Å². The highest BCUT2D eigenvalue weighted by molar-refractivity contribution is 6.06. The molecule has 1 aromatic carbocycles. The van der Waals surface area contributed by atoms with E-state index < -0.39 is 11.7 Å². The van der Waals surface area contributed by atoms with E-state index in [1.54, 1.807) is 12.3 Å². The van der Waals surface area contributed by atoms with E-state index in [0.29, 0.717) is 29.5 Å². The first kappa shape index (κ1) is 21.6. The predicted octanol–water partition coefficient (Wildman–Crippen LogP) is 3.47. The van der Waals surface area contributed by atoms with Gasteiger partial charge in [0.25, 0.3) is 5.91 Å². The van der Waals surface area contributed by atoms with Crippen LogP contribution in [0.4, 0.5) is 15.9 Å². The summed E-state index contributed by atoms with van der Waals surface area (Å²) < 4.78 is 13.8. The SMILES string of the molecule is O=C(Nc1ccncc1F)c1cc2ccc(-c3nccc(NC4CCC5NNCC5C4)n3)cc2[nH]1.